The van der Waals surface area contributed by atoms with E-state index < -0.39 is 6.10 Å². The molecule has 1 aromatic heterocycles. The molecule has 1 unspecified atom stereocenters. The van der Waals surface area contributed by atoms with Gasteiger partial charge in [-0.15, -0.1) is 0 Å². The number of nitrogens with zero attached hydrogens (tertiary/aromatic N) is 1. The maximum absolute atomic E-state index is 9.95. The first-order chi connectivity index (χ1) is 7.42. The zero-order chi connectivity index (χ0) is 12.2. The maximum atomic E-state index is 9.95. The van der Waals surface area contributed by atoms with Crippen molar-refractivity contribution in [2.45, 2.75) is 32.4 Å². The van der Waals surface area contributed by atoms with Crippen LogP contribution in [-0.4, -0.2) is 29.3 Å². The second-order valence-electron chi connectivity index (χ2n) is 4.80. The number of pyridine rings is 1. The quantitative estimate of drug-likeness (QED) is 0.814. The predicted octanol–water partition coefficient (Wildman–Crippen LogP) is 1.51. The van der Waals surface area contributed by atoms with Crippen LogP contribution in [-0.2, 0) is 0 Å². The molecule has 4 nitrogen and oxygen atoms in total. The Kier molecular flexibility index (Phi) is 4.26. The first-order valence-corrected chi connectivity index (χ1v) is 5.34. The third-order valence-corrected chi connectivity index (χ3v) is 2.18. The molecule has 16 heavy (non-hydrogen) atoms. The molecule has 0 spiro atoms. The largest absolute Gasteiger partial charge is 0.495 e. The van der Waals surface area contributed by atoms with E-state index in [1.807, 2.05) is 0 Å². The van der Waals surface area contributed by atoms with Gasteiger partial charge in [0.05, 0.1) is 19.4 Å². The Hall–Kier alpha value is -1.13. The van der Waals surface area contributed by atoms with E-state index >= 15 is 0 Å². The molecule has 0 amide bonds. The first-order valence-electron chi connectivity index (χ1n) is 5.34. The van der Waals surface area contributed by atoms with E-state index in [0.717, 1.165) is 5.56 Å². The van der Waals surface area contributed by atoms with Gasteiger partial charge in [-0.25, -0.2) is 0 Å². The molecule has 0 saturated carbocycles. The van der Waals surface area contributed by atoms with Crippen molar-refractivity contribution in [3.05, 3.63) is 24.0 Å². The lowest BCUT2D eigenvalue weighted by Crippen LogP contribution is -2.38. The van der Waals surface area contributed by atoms with Crippen LogP contribution in [0.2, 0.25) is 0 Å². The van der Waals surface area contributed by atoms with Crippen molar-refractivity contribution in [2.75, 3.05) is 13.7 Å². The number of aliphatic hydroxyl groups excluding tert-OH is 1. The molecule has 0 fully saturated rings. The molecule has 1 aromatic rings. The van der Waals surface area contributed by atoms with E-state index in [9.17, 15) is 5.11 Å². The standard InChI is InChI=1S/C12H20N2O2/c1-12(2,3)14-8-11(15)9-5-10(16-4)7-13-6-9/h5-7,11,14-15H,8H2,1-4H3. The van der Waals surface area contributed by atoms with E-state index in [-0.39, 0.29) is 5.54 Å². The van der Waals surface area contributed by atoms with Crippen LogP contribution in [0.3, 0.4) is 0 Å². The highest BCUT2D eigenvalue weighted by molar-refractivity contribution is 5.25. The second kappa shape index (κ2) is 5.27. The minimum Gasteiger partial charge on any atom is -0.495 e. The number of β-amino-alcohol motifs (C(OH)–C–C–N with tert-alkyl or cyclic N) is 1. The zero-order valence-corrected chi connectivity index (χ0v) is 10.3. The van der Waals surface area contributed by atoms with Crippen molar-refractivity contribution in [1.29, 1.82) is 0 Å². The van der Waals surface area contributed by atoms with Crippen LogP contribution in [0.15, 0.2) is 18.5 Å². The van der Waals surface area contributed by atoms with Gasteiger partial charge in [0.15, 0.2) is 0 Å². The number of aromatic nitrogens is 1. The Labute approximate surface area is 96.7 Å². The van der Waals surface area contributed by atoms with Crippen LogP contribution < -0.4 is 10.1 Å². The van der Waals surface area contributed by atoms with Gasteiger partial charge < -0.3 is 15.2 Å². The predicted molar refractivity (Wildman–Crippen MR) is 63.5 cm³/mol. The van der Waals surface area contributed by atoms with Crippen molar-refractivity contribution in [1.82, 2.24) is 10.3 Å². The van der Waals surface area contributed by atoms with Crippen molar-refractivity contribution in [3.63, 3.8) is 0 Å². The second-order valence-corrected chi connectivity index (χ2v) is 4.80. The van der Waals surface area contributed by atoms with Crippen LogP contribution >= 0.6 is 0 Å². The number of hydrogen-bond donors (Lipinski definition) is 2. The van der Waals surface area contributed by atoms with Gasteiger partial charge >= 0.3 is 0 Å². The minimum atomic E-state index is -0.568. The Bertz CT molecular complexity index is 334. The molecule has 4 heteroatoms. The number of nitrogens with one attached hydrogen (secondary N) is 1. The summed E-state index contributed by atoms with van der Waals surface area (Å²) in [6.45, 7) is 6.68. The molecule has 2 N–H and O–H groups in total. The van der Waals surface area contributed by atoms with E-state index in [4.69, 9.17) is 4.74 Å². The molecule has 0 saturated heterocycles. The summed E-state index contributed by atoms with van der Waals surface area (Å²) >= 11 is 0. The van der Waals surface area contributed by atoms with E-state index in [0.29, 0.717) is 12.3 Å². The van der Waals surface area contributed by atoms with Gasteiger partial charge in [0.1, 0.15) is 5.75 Å². The molecular formula is C12H20N2O2. The molecular weight excluding hydrogens is 204 g/mol. The van der Waals surface area contributed by atoms with Gasteiger partial charge in [0, 0.05) is 23.8 Å². The smallest absolute Gasteiger partial charge is 0.137 e. The Morgan fingerprint density at radius 1 is 1.44 bits per heavy atom. The zero-order valence-electron chi connectivity index (χ0n) is 10.3. The van der Waals surface area contributed by atoms with Gasteiger partial charge in [-0.2, -0.15) is 0 Å². The van der Waals surface area contributed by atoms with E-state index in [1.165, 1.54) is 0 Å². The lowest BCUT2D eigenvalue weighted by molar-refractivity contribution is 0.162. The average molecular weight is 224 g/mol. The fourth-order valence-electron chi connectivity index (χ4n) is 1.25. The molecule has 0 aromatic carbocycles. The van der Waals surface area contributed by atoms with Gasteiger partial charge in [-0.3, -0.25) is 4.98 Å². The van der Waals surface area contributed by atoms with Crippen molar-refractivity contribution < 1.29 is 9.84 Å². The fourth-order valence-corrected chi connectivity index (χ4v) is 1.25. The summed E-state index contributed by atoms with van der Waals surface area (Å²) in [7, 11) is 1.58. The lowest BCUT2D eigenvalue weighted by Gasteiger charge is -2.23. The Morgan fingerprint density at radius 3 is 2.69 bits per heavy atom. The topological polar surface area (TPSA) is 54.4 Å². The molecule has 0 aliphatic carbocycles. The summed E-state index contributed by atoms with van der Waals surface area (Å²) in [4.78, 5) is 4.01. The normalized spacial score (nSPS) is 13.6. The Morgan fingerprint density at radius 2 is 2.12 bits per heavy atom. The fraction of sp³-hybridized carbons (Fsp3) is 0.583. The van der Waals surface area contributed by atoms with Crippen LogP contribution in [0.25, 0.3) is 0 Å². The van der Waals surface area contributed by atoms with Crippen LogP contribution in [0.5, 0.6) is 5.75 Å². The van der Waals surface area contributed by atoms with Gasteiger partial charge in [0.2, 0.25) is 0 Å². The highest BCUT2D eigenvalue weighted by atomic mass is 16.5. The first kappa shape index (κ1) is 12.9. The van der Waals surface area contributed by atoms with Crippen LogP contribution in [0.1, 0.15) is 32.4 Å². The number of ether oxygens (including phenoxy) is 1. The number of methoxy groups -OCH3 is 1. The molecule has 1 rings (SSSR count). The molecule has 1 heterocycles. The molecule has 90 valence electrons. The van der Waals surface area contributed by atoms with Crippen LogP contribution in [0.4, 0.5) is 0 Å². The monoisotopic (exact) mass is 224 g/mol. The van der Waals surface area contributed by atoms with E-state index in [1.54, 1.807) is 25.6 Å². The van der Waals surface area contributed by atoms with Crippen molar-refractivity contribution >= 4 is 0 Å². The third kappa shape index (κ3) is 4.16. The highest BCUT2D eigenvalue weighted by Gasteiger charge is 2.14. The molecule has 0 aliphatic rings. The Balaban J connectivity index is 2.62. The molecule has 0 aliphatic heterocycles. The summed E-state index contributed by atoms with van der Waals surface area (Å²) in [5, 5.41) is 13.2. The number of rotatable bonds is 4. The number of hydrogen-bond acceptors (Lipinski definition) is 4. The average Bonchev–Trinajstić information content (AvgIpc) is 2.25. The molecule has 0 bridgehead atoms. The van der Waals surface area contributed by atoms with Crippen molar-refractivity contribution in [2.24, 2.45) is 0 Å². The van der Waals surface area contributed by atoms with Crippen molar-refractivity contribution in [3.8, 4) is 5.75 Å². The SMILES string of the molecule is COc1cncc(C(O)CNC(C)(C)C)c1. The molecule has 1 atom stereocenters. The van der Waals surface area contributed by atoms with Gasteiger partial charge in [0.25, 0.3) is 0 Å². The lowest BCUT2D eigenvalue weighted by atomic mass is 10.1. The maximum Gasteiger partial charge on any atom is 0.137 e. The third-order valence-electron chi connectivity index (χ3n) is 2.18. The summed E-state index contributed by atoms with van der Waals surface area (Å²) in [5.41, 5.74) is 0.754. The summed E-state index contributed by atoms with van der Waals surface area (Å²) < 4.78 is 5.06. The number of aliphatic hydroxyl groups is 1. The minimum absolute atomic E-state index is 0.00667. The van der Waals surface area contributed by atoms with Gasteiger partial charge in [-0.05, 0) is 26.8 Å². The molecule has 0 radical (unpaired) electrons. The summed E-state index contributed by atoms with van der Waals surface area (Å²) in [6, 6.07) is 1.79. The highest BCUT2D eigenvalue weighted by Crippen LogP contribution is 2.17. The summed E-state index contributed by atoms with van der Waals surface area (Å²) in [6.07, 6.45) is 2.70. The van der Waals surface area contributed by atoms with E-state index in [2.05, 4.69) is 31.1 Å². The van der Waals surface area contributed by atoms with Gasteiger partial charge in [-0.1, -0.05) is 0 Å². The summed E-state index contributed by atoms with van der Waals surface area (Å²) in [5.74, 6) is 0.660. The van der Waals surface area contributed by atoms with Crippen LogP contribution in [0, 0.1) is 0 Å².